The van der Waals surface area contributed by atoms with Gasteiger partial charge < -0.3 is 90.9 Å². The van der Waals surface area contributed by atoms with Crippen LogP contribution in [0.1, 0.15) is 12.0 Å². The molecule has 0 radical (unpaired) electrons. The minimum atomic E-state index is -0.879. The lowest BCUT2D eigenvalue weighted by atomic mass is 10.2. The van der Waals surface area contributed by atoms with Crippen molar-refractivity contribution < 1.29 is 95.2 Å². The summed E-state index contributed by atoms with van der Waals surface area (Å²) in [5, 5.41) is 11.1. The van der Waals surface area contributed by atoms with Gasteiger partial charge in [0.15, 0.2) is 0 Å². The lowest BCUT2D eigenvalue weighted by Crippen LogP contribution is -2.28. The third-order valence-corrected chi connectivity index (χ3v) is 7.77. The molecule has 374 valence electrons. The van der Waals surface area contributed by atoms with Crippen molar-refractivity contribution in [3.63, 3.8) is 0 Å². The van der Waals surface area contributed by atoms with Crippen LogP contribution in [0.3, 0.4) is 0 Å². The van der Waals surface area contributed by atoms with Gasteiger partial charge in [-0.1, -0.05) is 30.3 Å². The molecule has 0 aliphatic carbocycles. The second kappa shape index (κ2) is 51.3. The van der Waals surface area contributed by atoms with Gasteiger partial charge >= 0.3 is 12.1 Å². The summed E-state index contributed by atoms with van der Waals surface area (Å²) < 4.78 is 92.2. The Kier molecular flexibility index (Phi) is 47.6. The van der Waals surface area contributed by atoms with E-state index in [1.807, 2.05) is 30.3 Å². The molecule has 21 nitrogen and oxygen atoms in total. The first-order valence-electron chi connectivity index (χ1n) is 22.1. The van der Waals surface area contributed by atoms with Crippen LogP contribution >= 0.6 is 0 Å². The summed E-state index contributed by atoms with van der Waals surface area (Å²) >= 11 is 0. The SMILES string of the molecule is O=C(O)CCOCCOCCOCCOCCOCCOCCOCCOCCOCCOCCOCCOCCOCCOCCOCCOCCNC(=O)OCc1ccccc1. The summed E-state index contributed by atoms with van der Waals surface area (Å²) in [6, 6.07) is 9.49. The zero-order valence-electron chi connectivity index (χ0n) is 37.8. The van der Waals surface area contributed by atoms with Crippen LogP contribution in [-0.2, 0) is 91.9 Å². The van der Waals surface area contributed by atoms with Crippen LogP contribution in [-0.4, -0.2) is 235 Å². The van der Waals surface area contributed by atoms with E-state index >= 15 is 0 Å². The molecule has 1 aromatic rings. The van der Waals surface area contributed by atoms with Gasteiger partial charge in [0.05, 0.1) is 218 Å². The summed E-state index contributed by atoms with van der Waals surface area (Å²) in [6.45, 7) is 15.1. The molecule has 2 N–H and O–H groups in total. The van der Waals surface area contributed by atoms with Gasteiger partial charge in [-0.05, 0) is 5.56 Å². The predicted octanol–water partition coefficient (Wildman–Crippen LogP) is 1.65. The number of alkyl carbamates (subject to hydrolysis) is 1. The van der Waals surface area contributed by atoms with Crippen LogP contribution in [0, 0.1) is 0 Å². The number of amides is 1. The molecule has 0 aromatic heterocycles. The van der Waals surface area contributed by atoms with Crippen LogP contribution in [0.15, 0.2) is 30.3 Å². The molecule has 1 amide bonds. The van der Waals surface area contributed by atoms with Crippen molar-refractivity contribution in [3.8, 4) is 0 Å². The second-order valence-electron chi connectivity index (χ2n) is 12.9. The van der Waals surface area contributed by atoms with Gasteiger partial charge in [-0.25, -0.2) is 4.79 Å². The van der Waals surface area contributed by atoms with E-state index in [2.05, 4.69) is 5.32 Å². The molecule has 21 heteroatoms. The lowest BCUT2D eigenvalue weighted by molar-refractivity contribution is -0.138. The molecule has 0 heterocycles. The topological polar surface area (TPSA) is 223 Å². The first kappa shape index (κ1) is 59.3. The molecule has 1 aromatic carbocycles. The fourth-order valence-corrected chi connectivity index (χ4v) is 4.56. The Morgan fingerprint density at radius 1 is 0.344 bits per heavy atom. The molecular weight excluding hydrogens is 850 g/mol. The number of carbonyl (C=O) groups is 2. The van der Waals surface area contributed by atoms with Gasteiger partial charge in [0.25, 0.3) is 0 Å². The monoisotopic (exact) mass is 928 g/mol. The minimum Gasteiger partial charge on any atom is -0.481 e. The zero-order valence-corrected chi connectivity index (χ0v) is 37.8. The highest BCUT2D eigenvalue weighted by Gasteiger charge is 2.03. The Balaban J connectivity index is 1.61. The van der Waals surface area contributed by atoms with Crippen molar-refractivity contribution in [1.82, 2.24) is 5.32 Å². The molecule has 0 saturated carbocycles. The van der Waals surface area contributed by atoms with Crippen LogP contribution in [0.4, 0.5) is 4.79 Å². The van der Waals surface area contributed by atoms with Crippen molar-refractivity contribution in [2.75, 3.05) is 218 Å². The number of carboxylic acids is 1. The van der Waals surface area contributed by atoms with Crippen molar-refractivity contribution in [3.05, 3.63) is 35.9 Å². The smallest absolute Gasteiger partial charge is 0.407 e. The van der Waals surface area contributed by atoms with Crippen molar-refractivity contribution in [1.29, 1.82) is 0 Å². The second-order valence-corrected chi connectivity index (χ2v) is 12.9. The van der Waals surface area contributed by atoms with Gasteiger partial charge in [-0.3, -0.25) is 4.79 Å². The number of carbonyl (C=O) groups excluding carboxylic acids is 1. The molecule has 0 spiro atoms. The van der Waals surface area contributed by atoms with E-state index in [1.54, 1.807) is 0 Å². The number of nitrogens with one attached hydrogen (secondary N) is 1. The number of benzene rings is 1. The first-order chi connectivity index (χ1) is 31.7. The molecule has 0 saturated heterocycles. The number of carboxylic acid groups (broad SMARTS) is 1. The third-order valence-electron chi connectivity index (χ3n) is 7.77. The molecule has 0 unspecified atom stereocenters. The van der Waals surface area contributed by atoms with E-state index in [9.17, 15) is 9.59 Å². The fourth-order valence-electron chi connectivity index (χ4n) is 4.56. The average molecular weight is 928 g/mol. The largest absolute Gasteiger partial charge is 0.481 e. The number of ether oxygens (including phenoxy) is 17. The Morgan fingerprint density at radius 2 is 0.578 bits per heavy atom. The summed E-state index contributed by atoms with van der Waals surface area (Å²) in [5.41, 5.74) is 0.932. The maximum absolute atomic E-state index is 11.7. The van der Waals surface area contributed by atoms with Crippen LogP contribution in [0.5, 0.6) is 0 Å². The van der Waals surface area contributed by atoms with E-state index in [-0.39, 0.29) is 19.6 Å². The Labute approximate surface area is 379 Å². The quantitative estimate of drug-likeness (QED) is 0.0887. The van der Waals surface area contributed by atoms with E-state index in [4.69, 9.17) is 85.6 Å². The molecule has 0 aliphatic rings. The van der Waals surface area contributed by atoms with Crippen LogP contribution < -0.4 is 5.32 Å². The van der Waals surface area contributed by atoms with E-state index < -0.39 is 12.1 Å². The van der Waals surface area contributed by atoms with Crippen molar-refractivity contribution in [2.24, 2.45) is 0 Å². The normalized spacial score (nSPS) is 11.4. The molecule has 64 heavy (non-hydrogen) atoms. The molecule has 1 rings (SSSR count). The van der Waals surface area contributed by atoms with Crippen LogP contribution in [0.2, 0.25) is 0 Å². The Morgan fingerprint density at radius 3 is 0.828 bits per heavy atom. The first-order valence-corrected chi connectivity index (χ1v) is 22.1. The maximum Gasteiger partial charge on any atom is 0.407 e. The number of aliphatic carboxylic acids is 1. The van der Waals surface area contributed by atoms with E-state index in [1.165, 1.54) is 0 Å². The Hall–Kier alpha value is -2.68. The van der Waals surface area contributed by atoms with Gasteiger partial charge in [0.1, 0.15) is 6.61 Å². The van der Waals surface area contributed by atoms with Gasteiger partial charge in [0, 0.05) is 6.54 Å². The molecule has 0 fully saturated rings. The fraction of sp³-hybridized carbons (Fsp3) is 0.814. The third kappa shape index (κ3) is 48.8. The highest BCUT2D eigenvalue weighted by atomic mass is 16.6. The van der Waals surface area contributed by atoms with Crippen molar-refractivity contribution in [2.45, 2.75) is 13.0 Å². The number of hydrogen-bond acceptors (Lipinski definition) is 19. The lowest BCUT2D eigenvalue weighted by Gasteiger charge is -2.09. The predicted molar refractivity (Wildman–Crippen MR) is 230 cm³/mol. The highest BCUT2D eigenvalue weighted by molar-refractivity contribution is 5.67. The van der Waals surface area contributed by atoms with E-state index in [0.29, 0.717) is 211 Å². The number of rotatable bonds is 53. The van der Waals surface area contributed by atoms with Gasteiger partial charge in [-0.15, -0.1) is 0 Å². The van der Waals surface area contributed by atoms with Crippen LogP contribution in [0.25, 0.3) is 0 Å². The summed E-state index contributed by atoms with van der Waals surface area (Å²) in [4.78, 5) is 22.0. The number of hydrogen-bond donors (Lipinski definition) is 2. The summed E-state index contributed by atoms with van der Waals surface area (Å²) in [6.07, 6.45) is -0.484. The van der Waals surface area contributed by atoms with Gasteiger partial charge in [-0.2, -0.15) is 0 Å². The molecule has 0 bridgehead atoms. The van der Waals surface area contributed by atoms with Crippen molar-refractivity contribution >= 4 is 12.1 Å². The minimum absolute atomic E-state index is 0.00880. The molecular formula is C43H77NO20. The summed E-state index contributed by atoms with van der Waals surface area (Å²) in [5.74, 6) is -0.879. The standard InChI is InChI=1S/C43H77NO20/c45-42(46)6-8-48-10-12-50-14-16-52-18-20-54-22-24-56-26-28-58-30-32-60-34-36-62-38-39-63-37-35-61-33-31-59-29-27-57-25-23-55-21-19-53-17-15-51-13-11-49-9-7-44-43(47)64-40-41-4-2-1-3-5-41/h1-5H,6-40H2,(H,44,47)(H,45,46). The highest BCUT2D eigenvalue weighted by Crippen LogP contribution is 2.00. The van der Waals surface area contributed by atoms with E-state index in [0.717, 1.165) is 5.56 Å². The zero-order chi connectivity index (χ0) is 45.7. The maximum atomic E-state index is 11.7. The molecule has 0 atom stereocenters. The van der Waals surface area contributed by atoms with Gasteiger partial charge in [0.2, 0.25) is 0 Å². The summed E-state index contributed by atoms with van der Waals surface area (Å²) in [7, 11) is 0. The Bertz CT molecular complexity index is 1100. The average Bonchev–Trinajstić information content (AvgIpc) is 3.30. The molecule has 0 aliphatic heterocycles.